The zero-order valence-corrected chi connectivity index (χ0v) is 14.8. The summed E-state index contributed by atoms with van der Waals surface area (Å²) in [5.74, 6) is -0.0141. The fraction of sp³-hybridized carbons (Fsp3) is 0.316. The summed E-state index contributed by atoms with van der Waals surface area (Å²) in [6.07, 6.45) is 3.32. The number of benzene rings is 1. The van der Waals surface area contributed by atoms with Gasteiger partial charge in [-0.05, 0) is 24.3 Å². The number of halogens is 1. The van der Waals surface area contributed by atoms with Gasteiger partial charge in [0.15, 0.2) is 0 Å². The summed E-state index contributed by atoms with van der Waals surface area (Å²) >= 11 is 0. The number of nitrogens with zero attached hydrogens (tertiary/aromatic N) is 5. The highest BCUT2D eigenvalue weighted by molar-refractivity contribution is 5.74. The van der Waals surface area contributed by atoms with Crippen molar-refractivity contribution in [3.8, 4) is 0 Å². The molecule has 0 N–H and O–H groups in total. The topological polar surface area (TPSA) is 63.6 Å². The van der Waals surface area contributed by atoms with Crippen LogP contribution in [0.15, 0.2) is 48.8 Å². The Morgan fingerprint density at radius 3 is 2.85 bits per heavy atom. The standard InChI is InChI=1S/C19H20FN5O2/c20-15-3-1-4-16(13-15)25(27-12-9-24-7-10-26-11-8-24)19-22-14-18-17(23-19)5-2-6-21-18/h1-6,13-14H,7-12H2. The molecule has 8 heteroatoms. The van der Waals surface area contributed by atoms with Crippen molar-refractivity contribution in [2.45, 2.75) is 0 Å². The molecule has 1 fully saturated rings. The van der Waals surface area contributed by atoms with Crippen LogP contribution in [0.3, 0.4) is 0 Å². The number of anilines is 2. The highest BCUT2D eigenvalue weighted by atomic mass is 19.1. The van der Waals surface area contributed by atoms with E-state index in [1.54, 1.807) is 24.5 Å². The number of aromatic nitrogens is 3. The molecule has 140 valence electrons. The van der Waals surface area contributed by atoms with Crippen LogP contribution in [0.25, 0.3) is 11.0 Å². The zero-order valence-electron chi connectivity index (χ0n) is 14.8. The lowest BCUT2D eigenvalue weighted by Crippen LogP contribution is -2.39. The minimum absolute atomic E-state index is 0.336. The normalized spacial score (nSPS) is 15.1. The first kappa shape index (κ1) is 17.7. The summed E-state index contributed by atoms with van der Waals surface area (Å²) in [5, 5.41) is 1.47. The zero-order chi connectivity index (χ0) is 18.5. The van der Waals surface area contributed by atoms with Gasteiger partial charge >= 0.3 is 0 Å². The Hall–Kier alpha value is -2.68. The molecule has 1 aliphatic heterocycles. The number of morpholine rings is 1. The van der Waals surface area contributed by atoms with Gasteiger partial charge in [0.05, 0.1) is 37.2 Å². The Labute approximate surface area is 156 Å². The summed E-state index contributed by atoms with van der Waals surface area (Å²) in [6, 6.07) is 9.84. The van der Waals surface area contributed by atoms with Crippen molar-refractivity contribution in [1.29, 1.82) is 0 Å². The molecule has 0 atom stereocenters. The minimum atomic E-state index is -0.350. The Bertz CT molecular complexity index is 904. The maximum atomic E-state index is 13.8. The quantitative estimate of drug-likeness (QED) is 0.619. The summed E-state index contributed by atoms with van der Waals surface area (Å²) in [6.45, 7) is 4.38. The first-order valence-electron chi connectivity index (χ1n) is 8.86. The molecule has 3 heterocycles. The third-order valence-electron chi connectivity index (χ3n) is 4.29. The second-order valence-corrected chi connectivity index (χ2v) is 6.14. The molecule has 1 saturated heterocycles. The maximum absolute atomic E-state index is 13.8. The fourth-order valence-electron chi connectivity index (χ4n) is 2.89. The molecule has 7 nitrogen and oxygen atoms in total. The summed E-state index contributed by atoms with van der Waals surface area (Å²) in [5.41, 5.74) is 1.91. The van der Waals surface area contributed by atoms with E-state index in [0.717, 1.165) is 32.8 Å². The number of ether oxygens (including phenoxy) is 1. The summed E-state index contributed by atoms with van der Waals surface area (Å²) in [7, 11) is 0. The Balaban J connectivity index is 1.56. The average Bonchev–Trinajstić information content (AvgIpc) is 2.72. The molecule has 2 aromatic heterocycles. The monoisotopic (exact) mass is 369 g/mol. The van der Waals surface area contributed by atoms with Gasteiger partial charge in [0.25, 0.3) is 5.95 Å². The van der Waals surface area contributed by atoms with Crippen molar-refractivity contribution in [2.24, 2.45) is 0 Å². The van der Waals surface area contributed by atoms with E-state index in [0.29, 0.717) is 29.3 Å². The van der Waals surface area contributed by atoms with Crippen LogP contribution >= 0.6 is 0 Å². The molecule has 1 aliphatic rings. The number of fused-ring (bicyclic) bond motifs is 1. The van der Waals surface area contributed by atoms with Crippen molar-refractivity contribution in [3.05, 3.63) is 54.6 Å². The van der Waals surface area contributed by atoms with Crippen LogP contribution in [0.4, 0.5) is 16.0 Å². The second kappa shape index (κ2) is 8.34. The third kappa shape index (κ3) is 4.36. The maximum Gasteiger partial charge on any atom is 0.255 e. The molecule has 0 unspecified atom stereocenters. The van der Waals surface area contributed by atoms with Crippen molar-refractivity contribution >= 4 is 22.7 Å². The predicted octanol–water partition coefficient (Wildman–Crippen LogP) is 2.57. The van der Waals surface area contributed by atoms with Gasteiger partial charge in [0.2, 0.25) is 0 Å². The van der Waals surface area contributed by atoms with Crippen LogP contribution in [0, 0.1) is 5.82 Å². The van der Waals surface area contributed by atoms with Gasteiger partial charge in [0, 0.05) is 31.9 Å². The van der Waals surface area contributed by atoms with Gasteiger partial charge < -0.3 is 4.74 Å². The van der Waals surface area contributed by atoms with Gasteiger partial charge in [0.1, 0.15) is 11.3 Å². The molecule has 27 heavy (non-hydrogen) atoms. The predicted molar refractivity (Wildman–Crippen MR) is 99.1 cm³/mol. The van der Waals surface area contributed by atoms with Crippen molar-refractivity contribution in [2.75, 3.05) is 44.5 Å². The number of rotatable bonds is 6. The molecule has 0 bridgehead atoms. The van der Waals surface area contributed by atoms with E-state index in [4.69, 9.17) is 9.57 Å². The smallest absolute Gasteiger partial charge is 0.255 e. The van der Waals surface area contributed by atoms with E-state index >= 15 is 0 Å². The highest BCUT2D eigenvalue weighted by Crippen LogP contribution is 2.24. The number of hydrogen-bond acceptors (Lipinski definition) is 7. The SMILES string of the molecule is Fc1cccc(N(OCCN2CCOCC2)c2ncc3ncccc3n2)c1. The summed E-state index contributed by atoms with van der Waals surface area (Å²) < 4.78 is 19.1. The van der Waals surface area contributed by atoms with Crippen LogP contribution in [-0.4, -0.2) is 59.3 Å². The lowest BCUT2D eigenvalue weighted by atomic mass is 10.3. The highest BCUT2D eigenvalue weighted by Gasteiger charge is 2.17. The summed E-state index contributed by atoms with van der Waals surface area (Å²) in [4.78, 5) is 21.3. The number of pyridine rings is 1. The van der Waals surface area contributed by atoms with E-state index in [1.807, 2.05) is 12.1 Å². The van der Waals surface area contributed by atoms with Crippen LogP contribution in [-0.2, 0) is 9.57 Å². The molecule has 1 aromatic carbocycles. The number of hydrogen-bond donors (Lipinski definition) is 0. The molecule has 0 radical (unpaired) electrons. The molecule has 4 rings (SSSR count). The molecule has 0 amide bonds. The lowest BCUT2D eigenvalue weighted by molar-refractivity contribution is 0.0200. The van der Waals surface area contributed by atoms with E-state index in [2.05, 4.69) is 19.9 Å². The molecule has 0 spiro atoms. The van der Waals surface area contributed by atoms with Gasteiger partial charge in [-0.25, -0.2) is 14.4 Å². The average molecular weight is 369 g/mol. The van der Waals surface area contributed by atoms with Gasteiger partial charge in [-0.2, -0.15) is 5.06 Å². The fourth-order valence-corrected chi connectivity index (χ4v) is 2.89. The third-order valence-corrected chi connectivity index (χ3v) is 4.29. The first-order chi connectivity index (χ1) is 13.3. The lowest BCUT2D eigenvalue weighted by Gasteiger charge is -2.28. The Morgan fingerprint density at radius 1 is 1.11 bits per heavy atom. The van der Waals surface area contributed by atoms with Crippen LogP contribution < -0.4 is 5.06 Å². The van der Waals surface area contributed by atoms with Crippen LogP contribution in [0.5, 0.6) is 0 Å². The first-order valence-corrected chi connectivity index (χ1v) is 8.86. The van der Waals surface area contributed by atoms with Crippen molar-refractivity contribution < 1.29 is 14.0 Å². The van der Waals surface area contributed by atoms with E-state index in [-0.39, 0.29) is 5.82 Å². The molecular formula is C19H20FN5O2. The Morgan fingerprint density at radius 2 is 2.00 bits per heavy atom. The van der Waals surface area contributed by atoms with Crippen molar-refractivity contribution in [3.63, 3.8) is 0 Å². The van der Waals surface area contributed by atoms with Crippen LogP contribution in [0.2, 0.25) is 0 Å². The van der Waals surface area contributed by atoms with Gasteiger partial charge in [-0.15, -0.1) is 0 Å². The van der Waals surface area contributed by atoms with E-state index in [9.17, 15) is 4.39 Å². The molecule has 3 aromatic rings. The van der Waals surface area contributed by atoms with Crippen molar-refractivity contribution in [1.82, 2.24) is 19.9 Å². The van der Waals surface area contributed by atoms with Gasteiger partial charge in [-0.1, -0.05) is 6.07 Å². The molecule has 0 saturated carbocycles. The minimum Gasteiger partial charge on any atom is -0.379 e. The Kier molecular flexibility index (Phi) is 5.47. The van der Waals surface area contributed by atoms with Gasteiger partial charge in [-0.3, -0.25) is 14.7 Å². The van der Waals surface area contributed by atoms with Crippen LogP contribution in [0.1, 0.15) is 0 Å². The second-order valence-electron chi connectivity index (χ2n) is 6.14. The molecule has 0 aliphatic carbocycles. The van der Waals surface area contributed by atoms with E-state index in [1.165, 1.54) is 17.2 Å². The largest absolute Gasteiger partial charge is 0.379 e. The molecular weight excluding hydrogens is 349 g/mol. The van der Waals surface area contributed by atoms with E-state index < -0.39 is 0 Å².